The van der Waals surface area contributed by atoms with Gasteiger partial charge in [0.15, 0.2) is 0 Å². The van der Waals surface area contributed by atoms with Crippen LogP contribution in [0.2, 0.25) is 0 Å². The van der Waals surface area contributed by atoms with Gasteiger partial charge in [0.05, 0.1) is 0 Å². The predicted molar refractivity (Wildman–Crippen MR) is 72.3 cm³/mol. The van der Waals surface area contributed by atoms with Crippen LogP contribution in [0.25, 0.3) is 0 Å². The van der Waals surface area contributed by atoms with Crippen molar-refractivity contribution in [2.75, 3.05) is 7.05 Å². The highest BCUT2D eigenvalue weighted by Gasteiger charge is 2.01. The Kier molecular flexibility index (Phi) is 5.03. The summed E-state index contributed by atoms with van der Waals surface area (Å²) in [5, 5.41) is 3.11. The normalized spacial score (nSPS) is 11.0. The van der Waals surface area contributed by atoms with E-state index in [4.69, 9.17) is 0 Å². The van der Waals surface area contributed by atoms with Gasteiger partial charge >= 0.3 is 0 Å². The summed E-state index contributed by atoms with van der Waals surface area (Å²) in [6.45, 7) is 8.11. The highest BCUT2D eigenvalue weighted by molar-refractivity contribution is 5.49. The molecule has 1 aromatic rings. The van der Waals surface area contributed by atoms with Crippen LogP contribution in [0.3, 0.4) is 0 Å². The number of allylic oxidation sites excluding steroid dienone is 3. The number of hydrogen-bond donors (Lipinski definition) is 1. The summed E-state index contributed by atoms with van der Waals surface area (Å²) >= 11 is 0. The molecule has 88 valence electrons. The summed E-state index contributed by atoms with van der Waals surface area (Å²) in [6, 6.07) is 5.71. The van der Waals surface area contributed by atoms with Crippen molar-refractivity contribution in [3.05, 3.63) is 53.5 Å². The first-order valence-electron chi connectivity index (χ1n) is 5.68. The van der Waals surface area contributed by atoms with Crippen molar-refractivity contribution in [3.63, 3.8) is 0 Å². The second kappa shape index (κ2) is 6.55. The smallest absolute Gasteiger partial charge is 0.113 e. The monoisotopic (exact) mass is 226 g/mol. The van der Waals surface area contributed by atoms with E-state index in [1.54, 1.807) is 6.20 Å². The Morgan fingerprint density at radius 1 is 1.47 bits per heavy atom. The van der Waals surface area contributed by atoms with Crippen LogP contribution in [-0.2, 0) is 0 Å². The Labute approximate surface area is 103 Å². The van der Waals surface area contributed by atoms with E-state index >= 15 is 0 Å². The van der Waals surface area contributed by atoms with E-state index in [2.05, 4.69) is 35.6 Å². The first kappa shape index (κ1) is 13.1. The Bertz CT molecular complexity index is 473. The van der Waals surface area contributed by atoms with Crippen LogP contribution < -0.4 is 5.32 Å². The molecule has 0 aliphatic heterocycles. The van der Waals surface area contributed by atoms with Crippen LogP contribution in [0.5, 0.6) is 0 Å². The second-order valence-corrected chi connectivity index (χ2v) is 3.67. The number of rotatable bonds is 3. The molecule has 2 heteroatoms. The molecule has 0 aliphatic rings. The van der Waals surface area contributed by atoms with Gasteiger partial charge in [-0.2, -0.15) is 0 Å². The summed E-state index contributed by atoms with van der Waals surface area (Å²) in [7, 11) is 1.89. The lowest BCUT2D eigenvalue weighted by Gasteiger charge is -2.07. The standard InChI is InChI=1S/C15H18N2/c1-5-12(2)15(13(3)16-4)10-9-14-8-6-7-11-17-14/h6-8,11,16H,2,5H2,1,3-4H3/b15-13-. The van der Waals surface area contributed by atoms with Gasteiger partial charge in [-0.25, -0.2) is 4.98 Å². The highest BCUT2D eigenvalue weighted by atomic mass is 14.8. The molecule has 2 nitrogen and oxygen atoms in total. The summed E-state index contributed by atoms with van der Waals surface area (Å²) in [4.78, 5) is 4.17. The van der Waals surface area contributed by atoms with E-state index in [1.807, 2.05) is 32.2 Å². The first-order chi connectivity index (χ1) is 8.19. The van der Waals surface area contributed by atoms with E-state index in [9.17, 15) is 0 Å². The van der Waals surface area contributed by atoms with E-state index in [0.717, 1.165) is 29.0 Å². The SMILES string of the molecule is C=C(CC)/C(C#Cc1ccccn1)=C(/C)NC. The minimum Gasteiger partial charge on any atom is -0.391 e. The molecule has 0 bridgehead atoms. The zero-order chi connectivity index (χ0) is 12.7. The molecule has 1 aromatic heterocycles. The van der Waals surface area contributed by atoms with Gasteiger partial charge in [-0.15, -0.1) is 0 Å². The number of pyridine rings is 1. The van der Waals surface area contributed by atoms with Crippen molar-refractivity contribution in [2.45, 2.75) is 20.3 Å². The Morgan fingerprint density at radius 2 is 2.24 bits per heavy atom. The molecule has 0 atom stereocenters. The lowest BCUT2D eigenvalue weighted by atomic mass is 10.0. The summed E-state index contributed by atoms with van der Waals surface area (Å²) in [5.74, 6) is 6.20. The molecule has 0 fully saturated rings. The van der Waals surface area contributed by atoms with Crippen LogP contribution in [0.1, 0.15) is 26.0 Å². The molecule has 0 saturated heterocycles. The topological polar surface area (TPSA) is 24.9 Å². The lowest BCUT2D eigenvalue weighted by molar-refractivity contribution is 0.964. The van der Waals surface area contributed by atoms with Gasteiger partial charge in [0.2, 0.25) is 0 Å². The summed E-state index contributed by atoms with van der Waals surface area (Å²) in [5.41, 5.74) is 3.83. The summed E-state index contributed by atoms with van der Waals surface area (Å²) in [6.07, 6.45) is 2.64. The largest absolute Gasteiger partial charge is 0.391 e. The van der Waals surface area contributed by atoms with Gasteiger partial charge in [0, 0.05) is 24.5 Å². The quantitative estimate of drug-likeness (QED) is 0.633. The maximum atomic E-state index is 4.17. The summed E-state index contributed by atoms with van der Waals surface area (Å²) < 4.78 is 0. The molecule has 1 rings (SSSR count). The molecule has 0 saturated carbocycles. The van der Waals surface area contributed by atoms with Crippen LogP contribution >= 0.6 is 0 Å². The van der Waals surface area contributed by atoms with Crippen LogP contribution in [0.15, 0.2) is 47.8 Å². The molecule has 0 amide bonds. The molecular formula is C15H18N2. The predicted octanol–water partition coefficient (Wildman–Crippen LogP) is 2.89. The van der Waals surface area contributed by atoms with Gasteiger partial charge in [-0.3, -0.25) is 0 Å². The fourth-order valence-corrected chi connectivity index (χ4v) is 1.31. The third kappa shape index (κ3) is 3.81. The first-order valence-corrected chi connectivity index (χ1v) is 5.68. The fraction of sp³-hybridized carbons (Fsp3) is 0.267. The lowest BCUT2D eigenvalue weighted by Crippen LogP contribution is -2.06. The van der Waals surface area contributed by atoms with Crippen molar-refractivity contribution >= 4 is 0 Å². The Hall–Kier alpha value is -2.01. The number of nitrogens with one attached hydrogen (secondary N) is 1. The average Bonchev–Trinajstić information content (AvgIpc) is 2.39. The Morgan fingerprint density at radius 3 is 2.76 bits per heavy atom. The Balaban J connectivity index is 3.05. The third-order valence-corrected chi connectivity index (χ3v) is 2.51. The van der Waals surface area contributed by atoms with Gasteiger partial charge in [0.25, 0.3) is 0 Å². The number of nitrogens with zero attached hydrogens (tertiary/aromatic N) is 1. The molecule has 1 N–H and O–H groups in total. The minimum absolute atomic E-state index is 0.776. The van der Waals surface area contributed by atoms with Crippen LogP contribution in [-0.4, -0.2) is 12.0 Å². The van der Waals surface area contributed by atoms with Gasteiger partial charge < -0.3 is 5.32 Å². The maximum Gasteiger partial charge on any atom is 0.113 e. The molecule has 17 heavy (non-hydrogen) atoms. The van der Waals surface area contributed by atoms with E-state index in [0.29, 0.717) is 0 Å². The average molecular weight is 226 g/mol. The molecule has 0 unspecified atom stereocenters. The second-order valence-electron chi connectivity index (χ2n) is 3.67. The zero-order valence-electron chi connectivity index (χ0n) is 10.7. The van der Waals surface area contributed by atoms with E-state index in [-0.39, 0.29) is 0 Å². The highest BCUT2D eigenvalue weighted by Crippen LogP contribution is 2.13. The fourth-order valence-electron chi connectivity index (χ4n) is 1.31. The van der Waals surface area contributed by atoms with Gasteiger partial charge in [-0.1, -0.05) is 25.5 Å². The molecule has 0 radical (unpaired) electrons. The minimum atomic E-state index is 0.776. The van der Waals surface area contributed by atoms with Crippen molar-refractivity contribution in [3.8, 4) is 11.8 Å². The van der Waals surface area contributed by atoms with Crippen molar-refractivity contribution in [1.29, 1.82) is 0 Å². The maximum absolute atomic E-state index is 4.17. The number of hydrogen-bond acceptors (Lipinski definition) is 2. The molecule has 1 heterocycles. The van der Waals surface area contributed by atoms with E-state index < -0.39 is 0 Å². The molecule has 0 aliphatic carbocycles. The molecular weight excluding hydrogens is 208 g/mol. The molecule has 0 aromatic carbocycles. The third-order valence-electron chi connectivity index (χ3n) is 2.51. The number of aromatic nitrogens is 1. The van der Waals surface area contributed by atoms with Crippen LogP contribution in [0.4, 0.5) is 0 Å². The molecule has 0 spiro atoms. The van der Waals surface area contributed by atoms with Crippen molar-refractivity contribution < 1.29 is 0 Å². The van der Waals surface area contributed by atoms with Gasteiger partial charge in [0.1, 0.15) is 5.69 Å². The van der Waals surface area contributed by atoms with Crippen molar-refractivity contribution in [2.24, 2.45) is 0 Å². The van der Waals surface area contributed by atoms with Crippen LogP contribution in [0, 0.1) is 11.8 Å². The van der Waals surface area contributed by atoms with Crippen molar-refractivity contribution in [1.82, 2.24) is 10.3 Å². The zero-order valence-corrected chi connectivity index (χ0v) is 10.7. The van der Waals surface area contributed by atoms with Gasteiger partial charge in [-0.05, 0) is 37.0 Å². The van der Waals surface area contributed by atoms with E-state index in [1.165, 1.54) is 0 Å².